The van der Waals surface area contributed by atoms with Gasteiger partial charge in [0.1, 0.15) is 4.88 Å². The van der Waals surface area contributed by atoms with Crippen molar-refractivity contribution in [3.05, 3.63) is 21.9 Å². The Morgan fingerprint density at radius 2 is 1.94 bits per heavy atom. The summed E-state index contributed by atoms with van der Waals surface area (Å²) in [7, 11) is 1.37. The largest absolute Gasteiger partial charge is 0.465 e. The fourth-order valence-corrected chi connectivity index (χ4v) is 6.36. The quantitative estimate of drug-likeness (QED) is 0.537. The van der Waals surface area contributed by atoms with Crippen LogP contribution in [-0.4, -0.2) is 55.2 Å². The molecule has 1 amide bonds. The van der Waals surface area contributed by atoms with E-state index < -0.39 is 12.1 Å². The van der Waals surface area contributed by atoms with Crippen LogP contribution in [-0.2, 0) is 19.0 Å². The summed E-state index contributed by atoms with van der Waals surface area (Å²) in [6.07, 6.45) is 10.9. The number of ether oxygens (including phenoxy) is 3. The van der Waals surface area contributed by atoms with E-state index in [1.54, 1.807) is 0 Å². The molecule has 1 aliphatic heterocycles. The summed E-state index contributed by atoms with van der Waals surface area (Å²) in [6.45, 7) is 2.62. The molecule has 3 aliphatic rings. The van der Waals surface area contributed by atoms with Crippen molar-refractivity contribution < 1.29 is 28.9 Å². The first-order valence-corrected chi connectivity index (χ1v) is 13.5. The Hall–Kier alpha value is -1.74. The van der Waals surface area contributed by atoms with Crippen molar-refractivity contribution in [1.82, 2.24) is 0 Å². The number of rotatable bonds is 7. The molecule has 2 atom stereocenters. The van der Waals surface area contributed by atoms with E-state index in [0.717, 1.165) is 81.3 Å². The summed E-state index contributed by atoms with van der Waals surface area (Å²) < 4.78 is 17.0. The van der Waals surface area contributed by atoms with Gasteiger partial charge in [-0.05, 0) is 75.8 Å². The van der Waals surface area contributed by atoms with Gasteiger partial charge in [-0.3, -0.25) is 4.79 Å². The number of hydrogen-bond acceptors (Lipinski definition) is 7. The van der Waals surface area contributed by atoms with E-state index >= 15 is 0 Å². The second-order valence-electron chi connectivity index (χ2n) is 9.45. The van der Waals surface area contributed by atoms with Gasteiger partial charge in [0.05, 0.1) is 25.0 Å². The number of methoxy groups -OCH3 is 1. The fraction of sp³-hybridized carbons (Fsp3) is 0.692. The van der Waals surface area contributed by atoms with Crippen LogP contribution in [0.15, 0.2) is 12.1 Å². The molecule has 1 aromatic heterocycles. The molecule has 0 radical (unpaired) electrons. The Labute approximate surface area is 206 Å². The molecule has 1 N–H and O–H groups in total. The van der Waals surface area contributed by atoms with Gasteiger partial charge < -0.3 is 24.2 Å². The van der Waals surface area contributed by atoms with Crippen LogP contribution in [0.25, 0.3) is 5.57 Å². The smallest absolute Gasteiger partial charge is 0.350 e. The van der Waals surface area contributed by atoms with Gasteiger partial charge in [-0.2, -0.15) is 0 Å². The van der Waals surface area contributed by atoms with Gasteiger partial charge in [0.2, 0.25) is 5.91 Å². The Bertz CT molecular complexity index is 882. The lowest BCUT2D eigenvalue weighted by molar-refractivity contribution is -0.193. The summed E-state index contributed by atoms with van der Waals surface area (Å²) in [6, 6.07) is 1.96. The zero-order chi connectivity index (χ0) is 24.1. The molecule has 2 heterocycles. The predicted molar refractivity (Wildman–Crippen MR) is 132 cm³/mol. The molecule has 2 aliphatic carbocycles. The lowest BCUT2D eigenvalue weighted by atomic mass is 9.91. The lowest BCUT2D eigenvalue weighted by Gasteiger charge is -2.38. The van der Waals surface area contributed by atoms with Gasteiger partial charge in [-0.15, -0.1) is 11.3 Å². The summed E-state index contributed by atoms with van der Waals surface area (Å²) in [5.41, 5.74) is 1.67. The molecule has 7 nitrogen and oxygen atoms in total. The van der Waals surface area contributed by atoms with Crippen molar-refractivity contribution >= 4 is 34.5 Å². The minimum absolute atomic E-state index is 0.00661. The molecule has 2 fully saturated rings. The van der Waals surface area contributed by atoms with Gasteiger partial charge in [-0.25, -0.2) is 4.79 Å². The monoisotopic (exact) mass is 491 g/mol. The van der Waals surface area contributed by atoms with E-state index in [-0.39, 0.29) is 24.3 Å². The molecule has 0 aromatic carbocycles. The van der Waals surface area contributed by atoms with Crippen molar-refractivity contribution in [3.8, 4) is 0 Å². The number of hydrogen-bond donors (Lipinski definition) is 1. The Morgan fingerprint density at radius 1 is 1.15 bits per heavy atom. The predicted octanol–water partition coefficient (Wildman–Crippen LogP) is 5.06. The zero-order valence-electron chi connectivity index (χ0n) is 20.3. The number of carbonyl (C=O) groups is 2. The van der Waals surface area contributed by atoms with Gasteiger partial charge in [0.15, 0.2) is 6.29 Å². The first-order chi connectivity index (χ1) is 16.5. The SMILES string of the molecule is CCC(=O)N(c1cc(C2=CC(O)CCC2)sc1C(=O)OC)C1CCC(OC2CCCCO2)CC1. The van der Waals surface area contributed by atoms with Crippen molar-refractivity contribution in [2.24, 2.45) is 0 Å². The molecule has 34 heavy (non-hydrogen) atoms. The highest BCUT2D eigenvalue weighted by Crippen LogP contribution is 2.41. The maximum absolute atomic E-state index is 13.2. The number of esters is 1. The van der Waals surface area contributed by atoms with Crippen LogP contribution in [0.3, 0.4) is 0 Å². The number of aliphatic hydroxyl groups is 1. The van der Waals surface area contributed by atoms with E-state index in [2.05, 4.69) is 0 Å². The van der Waals surface area contributed by atoms with Crippen molar-refractivity contribution in [2.75, 3.05) is 18.6 Å². The molecular formula is C26H37NO6S. The molecule has 0 bridgehead atoms. The summed E-state index contributed by atoms with van der Waals surface area (Å²) >= 11 is 1.36. The highest BCUT2D eigenvalue weighted by Gasteiger charge is 2.34. The lowest BCUT2D eigenvalue weighted by Crippen LogP contribution is -2.44. The molecule has 8 heteroatoms. The molecule has 188 valence electrons. The molecule has 1 saturated carbocycles. The molecule has 1 aromatic rings. The van der Waals surface area contributed by atoms with E-state index in [1.165, 1.54) is 18.4 Å². The van der Waals surface area contributed by atoms with Crippen LogP contribution in [0, 0.1) is 0 Å². The highest BCUT2D eigenvalue weighted by molar-refractivity contribution is 7.15. The second kappa shape index (κ2) is 11.8. The van der Waals surface area contributed by atoms with E-state index in [9.17, 15) is 14.7 Å². The van der Waals surface area contributed by atoms with Crippen LogP contribution in [0.5, 0.6) is 0 Å². The Kier molecular flexibility index (Phi) is 8.80. The number of aliphatic hydroxyl groups excluding tert-OH is 1. The molecule has 1 saturated heterocycles. The van der Waals surface area contributed by atoms with E-state index in [1.807, 2.05) is 24.0 Å². The molecule has 4 rings (SSSR count). The summed E-state index contributed by atoms with van der Waals surface area (Å²) in [4.78, 5) is 29.1. The number of nitrogens with zero attached hydrogens (tertiary/aromatic N) is 1. The third-order valence-electron chi connectivity index (χ3n) is 7.06. The Balaban J connectivity index is 1.55. The zero-order valence-corrected chi connectivity index (χ0v) is 21.1. The number of carbonyl (C=O) groups excluding carboxylic acids is 2. The van der Waals surface area contributed by atoms with Crippen LogP contribution in [0.2, 0.25) is 0 Å². The van der Waals surface area contributed by atoms with Crippen molar-refractivity contribution in [3.63, 3.8) is 0 Å². The first-order valence-electron chi connectivity index (χ1n) is 12.7. The van der Waals surface area contributed by atoms with Gasteiger partial charge in [0, 0.05) is 23.9 Å². The van der Waals surface area contributed by atoms with Crippen molar-refractivity contribution in [1.29, 1.82) is 0 Å². The van der Waals surface area contributed by atoms with E-state index in [4.69, 9.17) is 14.2 Å². The van der Waals surface area contributed by atoms with E-state index in [0.29, 0.717) is 17.0 Å². The molecule has 0 spiro atoms. The van der Waals surface area contributed by atoms with Gasteiger partial charge >= 0.3 is 5.97 Å². The van der Waals surface area contributed by atoms with Crippen LogP contribution >= 0.6 is 11.3 Å². The number of amides is 1. The molecular weight excluding hydrogens is 454 g/mol. The maximum Gasteiger partial charge on any atom is 0.350 e. The van der Waals surface area contributed by atoms with Crippen molar-refractivity contribution in [2.45, 2.75) is 102 Å². The normalized spacial score (nSPS) is 27.7. The van der Waals surface area contributed by atoms with Crippen LogP contribution < -0.4 is 4.90 Å². The average molecular weight is 492 g/mol. The average Bonchev–Trinajstić information content (AvgIpc) is 3.30. The van der Waals surface area contributed by atoms with Crippen LogP contribution in [0.1, 0.15) is 92.1 Å². The number of allylic oxidation sites excluding steroid dienone is 1. The standard InChI is InChI=1S/C26H37NO6S/c1-3-23(29)27(18-10-12-20(13-11-18)33-24-9-4-5-14-32-24)21-16-22(34-25(21)26(30)31-2)17-7-6-8-19(28)15-17/h15-16,18-20,24,28H,3-14H2,1-2H3. The van der Waals surface area contributed by atoms with Gasteiger partial charge in [0.25, 0.3) is 0 Å². The Morgan fingerprint density at radius 3 is 2.59 bits per heavy atom. The molecule has 2 unspecified atom stereocenters. The minimum atomic E-state index is -0.465. The third-order valence-corrected chi connectivity index (χ3v) is 8.24. The summed E-state index contributed by atoms with van der Waals surface area (Å²) in [5, 5.41) is 10.1. The third kappa shape index (κ3) is 5.90. The van der Waals surface area contributed by atoms with Crippen LogP contribution in [0.4, 0.5) is 5.69 Å². The summed E-state index contributed by atoms with van der Waals surface area (Å²) in [5.74, 6) is -0.421. The minimum Gasteiger partial charge on any atom is -0.465 e. The fourth-order valence-electron chi connectivity index (χ4n) is 5.24. The maximum atomic E-state index is 13.2. The highest BCUT2D eigenvalue weighted by atomic mass is 32.1. The number of anilines is 1. The second-order valence-corrected chi connectivity index (χ2v) is 10.5. The topological polar surface area (TPSA) is 85.3 Å². The number of thiophene rings is 1. The van der Waals surface area contributed by atoms with Gasteiger partial charge in [-0.1, -0.05) is 13.0 Å². The first kappa shape index (κ1) is 25.4.